The molecule has 1 saturated carbocycles. The van der Waals surface area contributed by atoms with Crippen LogP contribution in [0.1, 0.15) is 17.0 Å². The summed E-state index contributed by atoms with van der Waals surface area (Å²) in [5.41, 5.74) is 1.31. The van der Waals surface area contributed by atoms with Gasteiger partial charge in [0.05, 0.1) is 16.1 Å². The van der Waals surface area contributed by atoms with E-state index >= 15 is 0 Å². The minimum absolute atomic E-state index is 0.0956. The molecule has 120 valence electrons. The van der Waals surface area contributed by atoms with Gasteiger partial charge < -0.3 is 5.11 Å². The fourth-order valence-electron chi connectivity index (χ4n) is 2.96. The molecular weight excluding hydrogens is 319 g/mol. The molecule has 0 aromatic heterocycles. The molecule has 1 aliphatic carbocycles. The second-order valence-electron chi connectivity index (χ2n) is 5.77. The van der Waals surface area contributed by atoms with Crippen LogP contribution in [0.15, 0.2) is 53.4 Å². The first kappa shape index (κ1) is 15.7. The third kappa shape index (κ3) is 2.74. The molecule has 0 aliphatic heterocycles. The van der Waals surface area contributed by atoms with Crippen molar-refractivity contribution in [2.75, 3.05) is 0 Å². The van der Waals surface area contributed by atoms with Gasteiger partial charge in [-0.05, 0) is 36.8 Å². The van der Waals surface area contributed by atoms with E-state index in [1.165, 1.54) is 30.3 Å². The van der Waals surface area contributed by atoms with Crippen LogP contribution >= 0.6 is 0 Å². The zero-order chi connectivity index (χ0) is 16.8. The molecule has 2 aromatic carbocycles. The lowest BCUT2D eigenvalue weighted by Crippen LogP contribution is -2.13. The largest absolute Gasteiger partial charge is 0.481 e. The van der Waals surface area contributed by atoms with Crippen LogP contribution in [0.3, 0.4) is 0 Å². The molecule has 23 heavy (non-hydrogen) atoms. The topological polar surface area (TPSA) is 71.4 Å². The van der Waals surface area contributed by atoms with Gasteiger partial charge in [-0.15, -0.1) is 0 Å². The summed E-state index contributed by atoms with van der Waals surface area (Å²) in [6, 6.07) is 11.8. The Morgan fingerprint density at radius 1 is 1.13 bits per heavy atom. The number of rotatable bonds is 4. The van der Waals surface area contributed by atoms with Crippen molar-refractivity contribution in [3.63, 3.8) is 0 Å². The van der Waals surface area contributed by atoms with Crippen LogP contribution in [0.2, 0.25) is 0 Å². The van der Waals surface area contributed by atoms with E-state index in [4.69, 9.17) is 0 Å². The van der Waals surface area contributed by atoms with Gasteiger partial charge in [0.1, 0.15) is 5.82 Å². The summed E-state index contributed by atoms with van der Waals surface area (Å²) in [6.45, 7) is 1.84. The molecule has 2 aromatic rings. The van der Waals surface area contributed by atoms with Crippen LogP contribution in [-0.4, -0.2) is 24.7 Å². The fourth-order valence-corrected chi connectivity index (χ4v) is 5.08. The average Bonchev–Trinajstić information content (AvgIpc) is 3.24. The smallest absolute Gasteiger partial charge is 0.308 e. The highest BCUT2D eigenvalue weighted by molar-refractivity contribution is 7.92. The molecule has 0 saturated heterocycles. The van der Waals surface area contributed by atoms with E-state index in [0.717, 1.165) is 5.56 Å². The molecule has 6 heteroatoms. The lowest BCUT2D eigenvalue weighted by Gasteiger charge is -2.05. The van der Waals surface area contributed by atoms with Gasteiger partial charge in [-0.2, -0.15) is 0 Å². The second-order valence-corrected chi connectivity index (χ2v) is 7.87. The van der Waals surface area contributed by atoms with Crippen molar-refractivity contribution in [3.8, 4) is 0 Å². The molecule has 1 fully saturated rings. The van der Waals surface area contributed by atoms with Crippen molar-refractivity contribution in [2.24, 2.45) is 5.92 Å². The van der Waals surface area contributed by atoms with Gasteiger partial charge in [0.25, 0.3) is 0 Å². The van der Waals surface area contributed by atoms with Gasteiger partial charge in [0.15, 0.2) is 9.84 Å². The summed E-state index contributed by atoms with van der Waals surface area (Å²) >= 11 is 0. The average molecular weight is 334 g/mol. The number of carboxylic acids is 1. The number of sulfone groups is 1. The summed E-state index contributed by atoms with van der Waals surface area (Å²) in [6.07, 6.45) is 0. The summed E-state index contributed by atoms with van der Waals surface area (Å²) in [7, 11) is -3.79. The zero-order valence-electron chi connectivity index (χ0n) is 12.3. The molecule has 0 unspecified atom stereocenters. The normalized spacial score (nSPS) is 23.5. The Balaban J connectivity index is 2.00. The van der Waals surface area contributed by atoms with Crippen LogP contribution < -0.4 is 0 Å². The van der Waals surface area contributed by atoms with Crippen LogP contribution in [0.25, 0.3) is 0 Å². The molecule has 1 N–H and O–H groups in total. The lowest BCUT2D eigenvalue weighted by atomic mass is 10.1. The number of halogens is 1. The number of aliphatic carboxylic acids is 1. The maximum Gasteiger partial charge on any atom is 0.308 e. The summed E-state index contributed by atoms with van der Waals surface area (Å²) in [5, 5.41) is 8.26. The Bertz CT molecular complexity index is 858. The van der Waals surface area contributed by atoms with E-state index < -0.39 is 38.7 Å². The molecule has 0 radical (unpaired) electrons. The van der Waals surface area contributed by atoms with Crippen LogP contribution in [-0.2, 0) is 14.6 Å². The van der Waals surface area contributed by atoms with Crippen molar-refractivity contribution in [3.05, 3.63) is 65.5 Å². The Morgan fingerprint density at radius 2 is 1.78 bits per heavy atom. The predicted octanol–water partition coefficient (Wildman–Crippen LogP) is 2.77. The SMILES string of the molecule is Cc1ccc(S(=O)(=O)[C@@H]2[C@H](C(=O)O)[C@H]2c2cccc(F)c2)cc1. The van der Waals surface area contributed by atoms with Crippen molar-refractivity contribution >= 4 is 15.8 Å². The number of hydrogen-bond acceptors (Lipinski definition) is 3. The van der Waals surface area contributed by atoms with Crippen molar-refractivity contribution < 1.29 is 22.7 Å². The Hall–Kier alpha value is -2.21. The zero-order valence-corrected chi connectivity index (χ0v) is 13.1. The molecular formula is C17H15FO4S. The third-order valence-electron chi connectivity index (χ3n) is 4.18. The highest BCUT2D eigenvalue weighted by Gasteiger charge is 2.63. The number of carbonyl (C=O) groups is 1. The van der Waals surface area contributed by atoms with Gasteiger partial charge in [0.2, 0.25) is 0 Å². The first-order valence-corrected chi connectivity index (χ1v) is 8.66. The van der Waals surface area contributed by atoms with E-state index in [2.05, 4.69) is 0 Å². The summed E-state index contributed by atoms with van der Waals surface area (Å²) < 4.78 is 38.8. The fraction of sp³-hybridized carbons (Fsp3) is 0.235. The van der Waals surface area contributed by atoms with Crippen molar-refractivity contribution in [1.29, 1.82) is 0 Å². The quantitative estimate of drug-likeness (QED) is 0.933. The minimum Gasteiger partial charge on any atom is -0.481 e. The van der Waals surface area contributed by atoms with Crippen LogP contribution in [0, 0.1) is 18.7 Å². The molecule has 0 heterocycles. The monoisotopic (exact) mass is 334 g/mol. The van der Waals surface area contributed by atoms with Crippen molar-refractivity contribution in [1.82, 2.24) is 0 Å². The van der Waals surface area contributed by atoms with Gasteiger partial charge in [-0.3, -0.25) is 4.79 Å². The van der Waals surface area contributed by atoms with Gasteiger partial charge in [-0.1, -0.05) is 29.8 Å². The first-order valence-electron chi connectivity index (χ1n) is 7.11. The molecule has 3 atom stereocenters. The number of benzene rings is 2. The Morgan fingerprint density at radius 3 is 2.35 bits per heavy atom. The Kier molecular flexibility index (Phi) is 3.72. The molecule has 1 aliphatic rings. The number of aryl methyl sites for hydroxylation is 1. The molecule has 4 nitrogen and oxygen atoms in total. The third-order valence-corrected chi connectivity index (χ3v) is 6.41. The molecule has 0 amide bonds. The molecule has 0 spiro atoms. The first-order chi connectivity index (χ1) is 10.8. The maximum absolute atomic E-state index is 13.4. The Labute approximate surface area is 133 Å². The second kappa shape index (κ2) is 5.45. The highest BCUT2D eigenvalue weighted by Crippen LogP contribution is 2.54. The minimum atomic E-state index is -3.79. The van der Waals surface area contributed by atoms with E-state index in [1.807, 2.05) is 6.92 Å². The number of carboxylic acid groups (broad SMARTS) is 1. The highest BCUT2D eigenvalue weighted by atomic mass is 32.2. The summed E-state index contributed by atoms with van der Waals surface area (Å²) in [5.74, 6) is -3.47. The lowest BCUT2D eigenvalue weighted by molar-refractivity contribution is -0.138. The van der Waals surface area contributed by atoms with Crippen LogP contribution in [0.4, 0.5) is 4.39 Å². The van der Waals surface area contributed by atoms with Gasteiger partial charge >= 0.3 is 5.97 Å². The standard InChI is InChI=1S/C17H15FO4S/c1-10-5-7-13(8-6-10)23(21,22)16-14(15(16)17(19)20)11-3-2-4-12(18)9-11/h2-9,14-16H,1H3,(H,19,20)/t14-,15-,16+/m1/s1. The van der Waals surface area contributed by atoms with Crippen molar-refractivity contribution in [2.45, 2.75) is 23.0 Å². The number of hydrogen-bond donors (Lipinski definition) is 1. The van der Waals surface area contributed by atoms with Gasteiger partial charge in [0, 0.05) is 5.92 Å². The van der Waals surface area contributed by atoms with Gasteiger partial charge in [-0.25, -0.2) is 12.8 Å². The predicted molar refractivity (Wildman–Crippen MR) is 82.4 cm³/mol. The van der Waals surface area contributed by atoms with Crippen LogP contribution in [0.5, 0.6) is 0 Å². The molecule has 3 rings (SSSR count). The molecule has 0 bridgehead atoms. The van der Waals surface area contributed by atoms with E-state index in [9.17, 15) is 22.7 Å². The van der Waals surface area contributed by atoms with E-state index in [1.54, 1.807) is 18.2 Å². The van der Waals surface area contributed by atoms with E-state index in [0.29, 0.717) is 5.56 Å². The van der Waals surface area contributed by atoms with E-state index in [-0.39, 0.29) is 4.90 Å². The maximum atomic E-state index is 13.4. The summed E-state index contributed by atoms with van der Waals surface area (Å²) in [4.78, 5) is 11.5.